The lowest BCUT2D eigenvalue weighted by atomic mass is 9.91. The standard InChI is InChI=1S/C13H16N4O3/c1-2-13(20)8-15(9-13)7-11(18)17-12(19)16-6-4-3-5-10(16)14-17/h3-6,20H,2,7-9H2,1H3. The first kappa shape index (κ1) is 13.0. The van der Waals surface area contributed by atoms with E-state index in [0.29, 0.717) is 25.2 Å². The normalized spacial score (nSPS) is 18.1. The molecule has 106 valence electrons. The summed E-state index contributed by atoms with van der Waals surface area (Å²) in [4.78, 5) is 25.9. The molecule has 0 aromatic carbocycles. The molecule has 0 amide bonds. The molecule has 1 aliphatic rings. The van der Waals surface area contributed by atoms with Crippen molar-refractivity contribution >= 4 is 11.6 Å². The fraction of sp³-hybridized carbons (Fsp3) is 0.462. The molecule has 0 radical (unpaired) electrons. The molecule has 2 aromatic rings. The molecule has 0 aliphatic carbocycles. The summed E-state index contributed by atoms with van der Waals surface area (Å²) in [6.45, 7) is 2.91. The van der Waals surface area contributed by atoms with Gasteiger partial charge < -0.3 is 5.11 Å². The van der Waals surface area contributed by atoms with E-state index in [1.54, 1.807) is 24.4 Å². The highest BCUT2D eigenvalue weighted by Gasteiger charge is 2.40. The van der Waals surface area contributed by atoms with Gasteiger partial charge in [-0.2, -0.15) is 0 Å². The first-order valence-electron chi connectivity index (χ1n) is 6.57. The van der Waals surface area contributed by atoms with Crippen LogP contribution in [0.2, 0.25) is 0 Å². The number of nitrogens with zero attached hydrogens (tertiary/aromatic N) is 4. The molecule has 1 fully saturated rings. The van der Waals surface area contributed by atoms with Crippen LogP contribution in [0.4, 0.5) is 0 Å². The number of hydrogen-bond donors (Lipinski definition) is 1. The SMILES string of the molecule is CCC1(O)CN(CC(=O)n2nc3ccccn3c2=O)C1. The number of β-amino-alcohol motifs (C(OH)–C–C–N with tert-alkyl or cyclic N) is 1. The van der Waals surface area contributed by atoms with Gasteiger partial charge in [0, 0.05) is 19.3 Å². The van der Waals surface area contributed by atoms with Crippen LogP contribution in [0, 0.1) is 0 Å². The molecule has 1 saturated heterocycles. The van der Waals surface area contributed by atoms with E-state index in [1.165, 1.54) is 4.40 Å². The monoisotopic (exact) mass is 276 g/mol. The van der Waals surface area contributed by atoms with Gasteiger partial charge in [-0.3, -0.25) is 9.69 Å². The van der Waals surface area contributed by atoms with E-state index in [0.717, 1.165) is 4.68 Å². The van der Waals surface area contributed by atoms with Crippen LogP contribution < -0.4 is 5.69 Å². The summed E-state index contributed by atoms with van der Waals surface area (Å²) in [5.41, 5.74) is -0.708. The maximum Gasteiger partial charge on any atom is 0.357 e. The summed E-state index contributed by atoms with van der Waals surface area (Å²) in [7, 11) is 0. The third-order valence-electron chi connectivity index (χ3n) is 3.72. The molecule has 7 heteroatoms. The average Bonchev–Trinajstić information content (AvgIpc) is 2.75. The highest BCUT2D eigenvalue weighted by Crippen LogP contribution is 2.23. The smallest absolute Gasteiger partial charge is 0.357 e. The van der Waals surface area contributed by atoms with Crippen molar-refractivity contribution in [2.75, 3.05) is 19.6 Å². The average molecular weight is 276 g/mol. The van der Waals surface area contributed by atoms with Crippen molar-refractivity contribution < 1.29 is 9.90 Å². The second-order valence-electron chi connectivity index (χ2n) is 5.24. The molecule has 3 rings (SSSR count). The number of aromatic nitrogens is 3. The van der Waals surface area contributed by atoms with Crippen molar-refractivity contribution in [1.82, 2.24) is 19.1 Å². The van der Waals surface area contributed by atoms with Gasteiger partial charge in [-0.1, -0.05) is 13.0 Å². The van der Waals surface area contributed by atoms with Crippen LogP contribution in [-0.4, -0.2) is 55.3 Å². The van der Waals surface area contributed by atoms with Crippen LogP contribution in [0.3, 0.4) is 0 Å². The number of fused-ring (bicyclic) bond motifs is 1. The second-order valence-corrected chi connectivity index (χ2v) is 5.24. The highest BCUT2D eigenvalue weighted by atomic mass is 16.3. The Morgan fingerprint density at radius 1 is 1.45 bits per heavy atom. The van der Waals surface area contributed by atoms with Gasteiger partial charge >= 0.3 is 5.69 Å². The Balaban J connectivity index is 1.77. The fourth-order valence-electron chi connectivity index (χ4n) is 2.47. The van der Waals surface area contributed by atoms with Gasteiger partial charge in [0.15, 0.2) is 5.65 Å². The quantitative estimate of drug-likeness (QED) is 0.824. The Morgan fingerprint density at radius 3 is 2.85 bits per heavy atom. The molecule has 7 nitrogen and oxygen atoms in total. The zero-order chi connectivity index (χ0) is 14.3. The van der Waals surface area contributed by atoms with Gasteiger partial charge in [-0.25, -0.2) is 9.20 Å². The van der Waals surface area contributed by atoms with Crippen LogP contribution >= 0.6 is 0 Å². The molecule has 1 aliphatic heterocycles. The molecule has 0 spiro atoms. The number of aliphatic hydroxyl groups is 1. The molecule has 20 heavy (non-hydrogen) atoms. The van der Waals surface area contributed by atoms with Crippen LogP contribution in [0.5, 0.6) is 0 Å². The van der Waals surface area contributed by atoms with Gasteiger partial charge in [0.2, 0.25) is 0 Å². The molecule has 1 N–H and O–H groups in total. The van der Waals surface area contributed by atoms with Gasteiger partial charge in [0.25, 0.3) is 5.91 Å². The van der Waals surface area contributed by atoms with Gasteiger partial charge in [-0.15, -0.1) is 9.78 Å². The predicted octanol–water partition coefficient (Wildman–Crippen LogP) is -0.407. The van der Waals surface area contributed by atoms with Gasteiger partial charge in [0.05, 0.1) is 12.1 Å². The van der Waals surface area contributed by atoms with E-state index in [2.05, 4.69) is 5.10 Å². The first-order chi connectivity index (χ1) is 9.52. The summed E-state index contributed by atoms with van der Waals surface area (Å²) in [5.74, 6) is -0.378. The molecular weight excluding hydrogens is 260 g/mol. The fourth-order valence-corrected chi connectivity index (χ4v) is 2.47. The molecule has 0 unspecified atom stereocenters. The Morgan fingerprint density at radius 2 is 2.20 bits per heavy atom. The van der Waals surface area contributed by atoms with Gasteiger partial charge in [0.1, 0.15) is 0 Å². The number of rotatable bonds is 3. The van der Waals surface area contributed by atoms with Crippen molar-refractivity contribution in [3.63, 3.8) is 0 Å². The summed E-state index contributed by atoms with van der Waals surface area (Å²) >= 11 is 0. The number of pyridine rings is 1. The number of hydrogen-bond acceptors (Lipinski definition) is 5. The minimum absolute atomic E-state index is 0.0894. The lowest BCUT2D eigenvalue weighted by Crippen LogP contribution is -2.62. The molecule has 0 saturated carbocycles. The maximum atomic E-state index is 12.1. The predicted molar refractivity (Wildman–Crippen MR) is 71.8 cm³/mol. The molecule has 0 atom stereocenters. The Labute approximate surface area is 115 Å². The zero-order valence-electron chi connectivity index (χ0n) is 11.2. The van der Waals surface area contributed by atoms with Crippen molar-refractivity contribution in [3.8, 4) is 0 Å². The second kappa shape index (κ2) is 4.53. The summed E-state index contributed by atoms with van der Waals surface area (Å²) in [6.07, 6.45) is 2.24. The Bertz CT molecular complexity index is 712. The van der Waals surface area contributed by atoms with Crippen LogP contribution in [0.25, 0.3) is 5.65 Å². The lowest BCUT2D eigenvalue weighted by molar-refractivity contribution is -0.0955. The van der Waals surface area contributed by atoms with E-state index < -0.39 is 11.3 Å². The number of carbonyl (C=O) groups is 1. The molecule has 2 aromatic heterocycles. The molecular formula is C13H16N4O3. The van der Waals surface area contributed by atoms with Crippen molar-refractivity contribution in [2.24, 2.45) is 0 Å². The minimum atomic E-state index is -0.690. The topological polar surface area (TPSA) is 79.8 Å². The van der Waals surface area contributed by atoms with E-state index in [4.69, 9.17) is 0 Å². The van der Waals surface area contributed by atoms with E-state index in [9.17, 15) is 14.7 Å². The van der Waals surface area contributed by atoms with E-state index in [-0.39, 0.29) is 12.5 Å². The highest BCUT2D eigenvalue weighted by molar-refractivity contribution is 5.80. The Kier molecular flexibility index (Phi) is 2.95. The molecule has 3 heterocycles. The largest absolute Gasteiger partial charge is 0.387 e. The van der Waals surface area contributed by atoms with Crippen LogP contribution in [0.1, 0.15) is 18.1 Å². The van der Waals surface area contributed by atoms with Crippen LogP contribution in [-0.2, 0) is 0 Å². The minimum Gasteiger partial charge on any atom is -0.387 e. The zero-order valence-corrected chi connectivity index (χ0v) is 11.2. The van der Waals surface area contributed by atoms with E-state index >= 15 is 0 Å². The molecule has 0 bridgehead atoms. The number of carbonyl (C=O) groups excluding carboxylic acids is 1. The van der Waals surface area contributed by atoms with E-state index in [1.807, 2.05) is 11.8 Å². The van der Waals surface area contributed by atoms with Crippen molar-refractivity contribution in [2.45, 2.75) is 18.9 Å². The third kappa shape index (κ3) is 2.04. The maximum absolute atomic E-state index is 12.1. The number of likely N-dealkylation sites (tertiary alicyclic amines) is 1. The van der Waals surface area contributed by atoms with Gasteiger partial charge in [-0.05, 0) is 18.6 Å². The Hall–Kier alpha value is -1.99. The lowest BCUT2D eigenvalue weighted by Gasteiger charge is -2.45. The van der Waals surface area contributed by atoms with Crippen molar-refractivity contribution in [1.29, 1.82) is 0 Å². The summed E-state index contributed by atoms with van der Waals surface area (Å²) in [6, 6.07) is 5.14. The summed E-state index contributed by atoms with van der Waals surface area (Å²) in [5, 5.41) is 13.9. The third-order valence-corrected chi connectivity index (χ3v) is 3.72. The van der Waals surface area contributed by atoms with Crippen LogP contribution in [0.15, 0.2) is 29.2 Å². The summed E-state index contributed by atoms with van der Waals surface area (Å²) < 4.78 is 2.22. The van der Waals surface area contributed by atoms with Crippen molar-refractivity contribution in [3.05, 3.63) is 34.9 Å². The first-order valence-corrected chi connectivity index (χ1v) is 6.57.